The predicted molar refractivity (Wildman–Crippen MR) is 143 cm³/mol. The molecule has 0 unspecified atom stereocenters. The molecule has 0 radical (unpaired) electrons. The zero-order chi connectivity index (χ0) is 28.3. The summed E-state index contributed by atoms with van der Waals surface area (Å²) in [7, 11) is 0. The lowest BCUT2D eigenvalue weighted by Crippen LogP contribution is -2.37. The summed E-state index contributed by atoms with van der Waals surface area (Å²) in [5.41, 5.74) is 1.17. The number of rotatable bonds is 7. The first-order chi connectivity index (χ1) is 19.0. The van der Waals surface area contributed by atoms with Crippen LogP contribution in [0.4, 0.5) is 24.9 Å². The number of nitrogens with one attached hydrogen (secondary N) is 2. The van der Waals surface area contributed by atoms with E-state index in [1.165, 1.54) is 11.3 Å². The van der Waals surface area contributed by atoms with Crippen LogP contribution < -0.4 is 10.6 Å². The molecule has 0 aliphatic heterocycles. The molecule has 210 valence electrons. The average Bonchev–Trinajstić information content (AvgIpc) is 3.37. The molecule has 4 atom stereocenters. The molecule has 2 fully saturated rings. The molecule has 0 amide bonds. The highest BCUT2D eigenvalue weighted by molar-refractivity contribution is 7.21. The van der Waals surface area contributed by atoms with Crippen molar-refractivity contribution in [3.63, 3.8) is 0 Å². The van der Waals surface area contributed by atoms with E-state index < -0.39 is 47.2 Å². The second-order valence-corrected chi connectivity index (χ2v) is 11.5. The van der Waals surface area contributed by atoms with Crippen LogP contribution in [0.15, 0.2) is 24.4 Å². The van der Waals surface area contributed by atoms with Crippen molar-refractivity contribution < 1.29 is 28.5 Å². The number of nitrogens with zero attached hydrogens (tertiary/aromatic N) is 4. The van der Waals surface area contributed by atoms with Crippen LogP contribution in [0.3, 0.4) is 0 Å². The highest BCUT2D eigenvalue weighted by Crippen LogP contribution is 2.50. The number of fused-ring (bicyclic) bond motifs is 1. The standard InChI is InChI=1S/C27H27F3N6O3S/c1-11-20(25-35-21-12(2)31-6-3-19(21)40-25)24(34-18-9-15(22(37)23(18)38)27(39)4-5-27)36-26(33-11)32-10-14-16(29)7-13(28)8-17(14)30/h3,6-8,15,18,22-23,37-39H,4-5,9-10H2,1-2H3,(H2,32,33,34,36)/t15-,18+,22+,23-/m0/s1. The normalized spacial score (nSPS) is 23.5. The fraction of sp³-hybridized carbons (Fsp3) is 0.407. The fourth-order valence-electron chi connectivity index (χ4n) is 5.39. The first kappa shape index (κ1) is 26.8. The quantitative estimate of drug-likeness (QED) is 0.224. The number of anilines is 2. The molecule has 9 nitrogen and oxygen atoms in total. The molecule has 1 aromatic carbocycles. The predicted octanol–water partition coefficient (Wildman–Crippen LogP) is 3.84. The SMILES string of the molecule is Cc1nc(NCc2c(F)cc(F)cc2F)nc(N[C@@H]2C[C@H](C3(O)CC3)[C@@H](O)[C@H]2O)c1-c1nc2c(C)nccc2s1. The van der Waals surface area contributed by atoms with Crippen LogP contribution in [-0.4, -0.2) is 59.1 Å². The molecular weight excluding hydrogens is 545 g/mol. The first-order valence-electron chi connectivity index (χ1n) is 12.9. The van der Waals surface area contributed by atoms with Crippen molar-refractivity contribution in [2.45, 2.75) is 63.5 Å². The van der Waals surface area contributed by atoms with E-state index in [0.717, 1.165) is 15.9 Å². The van der Waals surface area contributed by atoms with Crippen molar-refractivity contribution in [2.75, 3.05) is 10.6 Å². The molecule has 0 saturated heterocycles. The van der Waals surface area contributed by atoms with Gasteiger partial charge in [0.25, 0.3) is 0 Å². The zero-order valence-electron chi connectivity index (χ0n) is 21.6. The van der Waals surface area contributed by atoms with Crippen LogP contribution in [0.1, 0.15) is 36.2 Å². The number of pyridine rings is 1. The summed E-state index contributed by atoms with van der Waals surface area (Å²) < 4.78 is 42.7. The van der Waals surface area contributed by atoms with Crippen molar-refractivity contribution >= 4 is 33.3 Å². The van der Waals surface area contributed by atoms with Crippen molar-refractivity contribution in [1.29, 1.82) is 0 Å². The molecule has 2 aliphatic carbocycles. The van der Waals surface area contributed by atoms with Crippen molar-refractivity contribution in [3.05, 3.63) is 58.8 Å². The third-order valence-corrected chi connectivity index (χ3v) is 8.82. The Balaban J connectivity index is 1.37. The number of benzene rings is 1. The van der Waals surface area contributed by atoms with Crippen LogP contribution in [0.25, 0.3) is 20.8 Å². The van der Waals surface area contributed by atoms with E-state index in [2.05, 4.69) is 25.6 Å². The van der Waals surface area contributed by atoms with Gasteiger partial charge in [-0.15, -0.1) is 11.3 Å². The lowest BCUT2D eigenvalue weighted by Gasteiger charge is -2.21. The minimum Gasteiger partial charge on any atom is -0.390 e. The smallest absolute Gasteiger partial charge is 0.225 e. The lowest BCUT2D eigenvalue weighted by molar-refractivity contribution is -0.0312. The van der Waals surface area contributed by atoms with Crippen molar-refractivity contribution in [2.24, 2.45) is 5.92 Å². The van der Waals surface area contributed by atoms with Gasteiger partial charge in [-0.25, -0.2) is 23.1 Å². The summed E-state index contributed by atoms with van der Waals surface area (Å²) in [6.45, 7) is 3.25. The third kappa shape index (κ3) is 4.76. The molecule has 40 heavy (non-hydrogen) atoms. The van der Waals surface area contributed by atoms with E-state index >= 15 is 0 Å². The maximum Gasteiger partial charge on any atom is 0.225 e. The number of halogens is 3. The van der Waals surface area contributed by atoms with Gasteiger partial charge in [-0.3, -0.25) is 4.98 Å². The minimum atomic E-state index is -1.17. The number of aromatic nitrogens is 4. The van der Waals surface area contributed by atoms with Gasteiger partial charge in [0.05, 0.1) is 39.4 Å². The molecule has 0 spiro atoms. The van der Waals surface area contributed by atoms with Crippen LogP contribution in [0, 0.1) is 37.2 Å². The van der Waals surface area contributed by atoms with Crippen LogP contribution in [-0.2, 0) is 6.54 Å². The van der Waals surface area contributed by atoms with Gasteiger partial charge in [-0.1, -0.05) is 0 Å². The minimum absolute atomic E-state index is 0.0382. The summed E-state index contributed by atoms with van der Waals surface area (Å²) in [4.78, 5) is 18.1. The van der Waals surface area contributed by atoms with Gasteiger partial charge >= 0.3 is 0 Å². The van der Waals surface area contributed by atoms with E-state index in [1.54, 1.807) is 13.1 Å². The fourth-order valence-corrected chi connectivity index (χ4v) is 6.50. The van der Waals surface area contributed by atoms with Gasteiger partial charge in [0.15, 0.2) is 0 Å². The molecule has 4 aromatic rings. The summed E-state index contributed by atoms with van der Waals surface area (Å²) in [6, 6.07) is 2.41. The van der Waals surface area contributed by atoms with Gasteiger partial charge in [0, 0.05) is 36.4 Å². The topological polar surface area (TPSA) is 136 Å². The molecule has 0 bridgehead atoms. The number of aryl methyl sites for hydroxylation is 2. The number of hydrogen-bond donors (Lipinski definition) is 5. The highest BCUT2D eigenvalue weighted by Gasteiger charge is 2.57. The van der Waals surface area contributed by atoms with E-state index in [4.69, 9.17) is 4.98 Å². The molecule has 3 heterocycles. The molecule has 2 aliphatic rings. The van der Waals surface area contributed by atoms with Gasteiger partial charge in [0.2, 0.25) is 5.95 Å². The van der Waals surface area contributed by atoms with E-state index in [9.17, 15) is 28.5 Å². The summed E-state index contributed by atoms with van der Waals surface area (Å²) in [5, 5.41) is 38.8. The lowest BCUT2D eigenvalue weighted by atomic mass is 9.96. The number of hydrogen-bond acceptors (Lipinski definition) is 10. The van der Waals surface area contributed by atoms with Gasteiger partial charge in [-0.05, 0) is 39.2 Å². The number of aliphatic hydroxyl groups excluding tert-OH is 2. The van der Waals surface area contributed by atoms with Crippen LogP contribution in [0.5, 0.6) is 0 Å². The Bertz CT molecular complexity index is 1590. The summed E-state index contributed by atoms with van der Waals surface area (Å²) in [5.74, 6) is -3.26. The number of aliphatic hydroxyl groups is 3. The largest absolute Gasteiger partial charge is 0.390 e. The van der Waals surface area contributed by atoms with Crippen LogP contribution >= 0.6 is 11.3 Å². The summed E-state index contributed by atoms with van der Waals surface area (Å²) in [6.07, 6.45) is 0.847. The maximum atomic E-state index is 14.2. The van der Waals surface area contributed by atoms with Gasteiger partial charge < -0.3 is 26.0 Å². The monoisotopic (exact) mass is 572 g/mol. The molecular formula is C27H27F3N6O3S. The molecule has 3 aromatic heterocycles. The zero-order valence-corrected chi connectivity index (χ0v) is 22.4. The van der Waals surface area contributed by atoms with Gasteiger partial charge in [-0.2, -0.15) is 4.98 Å². The first-order valence-corrected chi connectivity index (χ1v) is 13.7. The molecule has 13 heteroatoms. The van der Waals surface area contributed by atoms with Crippen molar-refractivity contribution in [3.8, 4) is 10.6 Å². The van der Waals surface area contributed by atoms with Crippen LogP contribution in [0.2, 0.25) is 0 Å². The highest BCUT2D eigenvalue weighted by atomic mass is 32.1. The van der Waals surface area contributed by atoms with E-state index in [1.807, 2.05) is 13.0 Å². The van der Waals surface area contributed by atoms with Crippen molar-refractivity contribution in [1.82, 2.24) is 19.9 Å². The Morgan fingerprint density at radius 2 is 1.75 bits per heavy atom. The molecule has 5 N–H and O–H groups in total. The second-order valence-electron chi connectivity index (χ2n) is 10.5. The Kier molecular flexibility index (Phi) is 6.64. The Morgan fingerprint density at radius 3 is 2.42 bits per heavy atom. The molecule has 6 rings (SSSR count). The summed E-state index contributed by atoms with van der Waals surface area (Å²) >= 11 is 1.41. The Morgan fingerprint density at radius 1 is 1.02 bits per heavy atom. The Hall–Kier alpha value is -3.39. The van der Waals surface area contributed by atoms with Gasteiger partial charge in [0.1, 0.15) is 39.9 Å². The second kappa shape index (κ2) is 9.91. The maximum absolute atomic E-state index is 14.2. The van der Waals surface area contributed by atoms with E-state index in [0.29, 0.717) is 53.5 Å². The molecule has 2 saturated carbocycles. The Labute approximate surface area is 231 Å². The number of thiazole rings is 1. The van der Waals surface area contributed by atoms with E-state index in [-0.39, 0.29) is 18.1 Å². The average molecular weight is 573 g/mol. The third-order valence-electron chi connectivity index (χ3n) is 7.78.